The number of ether oxygens (including phenoxy) is 1. The Kier molecular flexibility index (Phi) is 8.11. The Hall–Kier alpha value is -2.08. The number of aliphatic imine (C=N–C) groups is 1. The lowest BCUT2D eigenvalue weighted by Gasteiger charge is -2.24. The molecule has 23 heavy (non-hydrogen) atoms. The molecule has 0 saturated carbocycles. The minimum absolute atomic E-state index is 0.00773. The maximum absolute atomic E-state index is 11.7. The van der Waals surface area contributed by atoms with E-state index in [1.807, 2.05) is 44.2 Å². The summed E-state index contributed by atoms with van der Waals surface area (Å²) in [6.45, 7) is 6.08. The van der Waals surface area contributed by atoms with Crippen LogP contribution in [0.15, 0.2) is 35.3 Å². The van der Waals surface area contributed by atoms with Gasteiger partial charge in [0.05, 0.1) is 18.6 Å². The second kappa shape index (κ2) is 9.84. The van der Waals surface area contributed by atoms with Crippen molar-refractivity contribution in [3.63, 3.8) is 0 Å². The molecule has 0 saturated heterocycles. The number of rotatable bonds is 8. The van der Waals surface area contributed by atoms with Crippen LogP contribution in [0.5, 0.6) is 0 Å². The maximum atomic E-state index is 11.7. The highest BCUT2D eigenvalue weighted by Gasteiger charge is 2.26. The Morgan fingerprint density at radius 2 is 1.91 bits per heavy atom. The fourth-order valence-electron chi connectivity index (χ4n) is 1.95. The second-order valence-electron chi connectivity index (χ2n) is 5.85. The van der Waals surface area contributed by atoms with Crippen LogP contribution < -0.4 is 16.0 Å². The number of hydrogen-bond donors (Lipinski definition) is 3. The highest BCUT2D eigenvalue weighted by Crippen LogP contribution is 2.12. The molecule has 0 bridgehead atoms. The van der Waals surface area contributed by atoms with Gasteiger partial charge >= 0.3 is 0 Å². The summed E-state index contributed by atoms with van der Waals surface area (Å²) >= 11 is 0. The Balaban J connectivity index is 2.23. The Labute approximate surface area is 138 Å². The number of amides is 1. The van der Waals surface area contributed by atoms with Crippen molar-refractivity contribution in [2.45, 2.75) is 20.5 Å². The van der Waals surface area contributed by atoms with Crippen molar-refractivity contribution in [1.82, 2.24) is 16.0 Å². The van der Waals surface area contributed by atoms with Crippen molar-refractivity contribution < 1.29 is 9.53 Å². The molecule has 0 fully saturated rings. The summed E-state index contributed by atoms with van der Waals surface area (Å²) in [6, 6.07) is 10.1. The first-order valence-corrected chi connectivity index (χ1v) is 7.78. The van der Waals surface area contributed by atoms with Gasteiger partial charge in [0.2, 0.25) is 5.91 Å². The molecule has 0 aromatic heterocycles. The van der Waals surface area contributed by atoms with Gasteiger partial charge in [0.1, 0.15) is 0 Å². The first kappa shape index (κ1) is 19.0. The van der Waals surface area contributed by atoms with Crippen molar-refractivity contribution in [2.24, 2.45) is 10.4 Å². The van der Waals surface area contributed by atoms with Gasteiger partial charge in [0.25, 0.3) is 0 Å². The highest BCUT2D eigenvalue weighted by atomic mass is 16.5. The van der Waals surface area contributed by atoms with Crippen LogP contribution in [0, 0.1) is 5.41 Å². The normalized spacial score (nSPS) is 11.9. The highest BCUT2D eigenvalue weighted by molar-refractivity contribution is 5.84. The molecule has 6 nitrogen and oxygen atoms in total. The van der Waals surface area contributed by atoms with E-state index in [1.54, 1.807) is 14.1 Å². The molecule has 1 aromatic carbocycles. The number of carbonyl (C=O) groups excluding carboxylic acids is 1. The number of guanidine groups is 1. The van der Waals surface area contributed by atoms with Gasteiger partial charge in [-0.3, -0.25) is 9.79 Å². The lowest BCUT2D eigenvalue weighted by atomic mass is 9.92. The summed E-state index contributed by atoms with van der Waals surface area (Å²) < 4.78 is 5.61. The van der Waals surface area contributed by atoms with Gasteiger partial charge in [0, 0.05) is 27.2 Å². The molecular formula is C17H28N4O2. The molecule has 128 valence electrons. The van der Waals surface area contributed by atoms with Crippen molar-refractivity contribution in [2.75, 3.05) is 33.8 Å². The van der Waals surface area contributed by atoms with E-state index in [9.17, 15) is 4.79 Å². The summed E-state index contributed by atoms with van der Waals surface area (Å²) in [7, 11) is 3.34. The van der Waals surface area contributed by atoms with Crippen molar-refractivity contribution >= 4 is 11.9 Å². The van der Waals surface area contributed by atoms with Crippen LogP contribution in [-0.4, -0.2) is 45.7 Å². The lowest BCUT2D eigenvalue weighted by molar-refractivity contribution is -0.128. The SMILES string of the molecule is CN=C(NCCOCc1ccccc1)NCC(C)(C)C(=O)NC. The first-order valence-electron chi connectivity index (χ1n) is 7.78. The van der Waals surface area contributed by atoms with Gasteiger partial charge in [-0.05, 0) is 19.4 Å². The van der Waals surface area contributed by atoms with E-state index in [0.717, 1.165) is 5.56 Å². The van der Waals surface area contributed by atoms with Gasteiger partial charge in [-0.1, -0.05) is 30.3 Å². The summed E-state index contributed by atoms with van der Waals surface area (Å²) in [6.07, 6.45) is 0. The van der Waals surface area contributed by atoms with E-state index < -0.39 is 5.41 Å². The molecule has 0 aliphatic heterocycles. The average Bonchev–Trinajstić information content (AvgIpc) is 2.57. The molecule has 1 amide bonds. The molecule has 0 heterocycles. The molecule has 0 aliphatic rings. The predicted octanol–water partition coefficient (Wildman–Crippen LogP) is 1.14. The Bertz CT molecular complexity index is 501. The van der Waals surface area contributed by atoms with Crippen LogP contribution in [0.2, 0.25) is 0 Å². The number of hydrogen-bond acceptors (Lipinski definition) is 3. The van der Waals surface area contributed by atoms with Gasteiger partial charge < -0.3 is 20.7 Å². The smallest absolute Gasteiger partial charge is 0.227 e. The molecule has 0 spiro atoms. The molecule has 0 radical (unpaired) electrons. The van der Waals surface area contributed by atoms with E-state index >= 15 is 0 Å². The number of carbonyl (C=O) groups is 1. The topological polar surface area (TPSA) is 74.8 Å². The quantitative estimate of drug-likeness (QED) is 0.381. The van der Waals surface area contributed by atoms with E-state index in [0.29, 0.717) is 32.3 Å². The zero-order chi connectivity index (χ0) is 17.1. The largest absolute Gasteiger partial charge is 0.375 e. The van der Waals surface area contributed by atoms with Crippen molar-refractivity contribution in [1.29, 1.82) is 0 Å². The number of benzene rings is 1. The molecule has 1 rings (SSSR count). The average molecular weight is 320 g/mol. The fourth-order valence-corrected chi connectivity index (χ4v) is 1.95. The zero-order valence-electron chi connectivity index (χ0n) is 14.5. The van der Waals surface area contributed by atoms with Gasteiger partial charge in [-0.25, -0.2) is 0 Å². The van der Waals surface area contributed by atoms with Crippen LogP contribution in [0.3, 0.4) is 0 Å². The minimum atomic E-state index is -0.504. The second-order valence-corrected chi connectivity index (χ2v) is 5.85. The van der Waals surface area contributed by atoms with Crippen molar-refractivity contribution in [3.05, 3.63) is 35.9 Å². The van der Waals surface area contributed by atoms with Gasteiger partial charge in [-0.2, -0.15) is 0 Å². The third-order valence-electron chi connectivity index (χ3n) is 3.41. The predicted molar refractivity (Wildman–Crippen MR) is 93.3 cm³/mol. The first-order chi connectivity index (χ1) is 11.0. The van der Waals surface area contributed by atoms with Crippen LogP contribution in [0.1, 0.15) is 19.4 Å². The lowest BCUT2D eigenvalue weighted by Crippen LogP contribution is -2.47. The standard InChI is InChI=1S/C17H28N4O2/c1-17(2,15(22)18-3)13-21-16(19-4)20-10-11-23-12-14-8-6-5-7-9-14/h5-9H,10-13H2,1-4H3,(H,18,22)(H2,19,20,21). The van der Waals surface area contributed by atoms with E-state index in [4.69, 9.17) is 4.74 Å². The van der Waals surface area contributed by atoms with E-state index in [-0.39, 0.29) is 5.91 Å². The van der Waals surface area contributed by atoms with Crippen LogP contribution in [0.25, 0.3) is 0 Å². The van der Waals surface area contributed by atoms with Crippen LogP contribution in [0.4, 0.5) is 0 Å². The van der Waals surface area contributed by atoms with Crippen LogP contribution in [-0.2, 0) is 16.1 Å². The summed E-state index contributed by atoms with van der Waals surface area (Å²) in [4.78, 5) is 15.9. The molecule has 1 aromatic rings. The number of nitrogens with zero attached hydrogens (tertiary/aromatic N) is 1. The maximum Gasteiger partial charge on any atom is 0.227 e. The molecule has 0 unspecified atom stereocenters. The molecule has 6 heteroatoms. The minimum Gasteiger partial charge on any atom is -0.375 e. The molecule has 0 atom stereocenters. The summed E-state index contributed by atoms with van der Waals surface area (Å²) in [5.41, 5.74) is 0.651. The molecule has 0 aliphatic carbocycles. The van der Waals surface area contributed by atoms with E-state index in [1.165, 1.54) is 0 Å². The van der Waals surface area contributed by atoms with Crippen molar-refractivity contribution in [3.8, 4) is 0 Å². The zero-order valence-corrected chi connectivity index (χ0v) is 14.5. The molecule has 3 N–H and O–H groups in total. The summed E-state index contributed by atoms with van der Waals surface area (Å²) in [5, 5.41) is 8.99. The van der Waals surface area contributed by atoms with E-state index in [2.05, 4.69) is 20.9 Å². The fraction of sp³-hybridized carbons (Fsp3) is 0.529. The van der Waals surface area contributed by atoms with Crippen LogP contribution >= 0.6 is 0 Å². The molecular weight excluding hydrogens is 292 g/mol. The third-order valence-corrected chi connectivity index (χ3v) is 3.41. The third kappa shape index (κ3) is 7.15. The van der Waals surface area contributed by atoms with Gasteiger partial charge in [-0.15, -0.1) is 0 Å². The number of nitrogens with one attached hydrogen (secondary N) is 3. The Morgan fingerprint density at radius 3 is 2.52 bits per heavy atom. The monoisotopic (exact) mass is 320 g/mol. The summed E-state index contributed by atoms with van der Waals surface area (Å²) in [5.74, 6) is 0.650. The van der Waals surface area contributed by atoms with Gasteiger partial charge in [0.15, 0.2) is 5.96 Å². The Morgan fingerprint density at radius 1 is 1.22 bits per heavy atom.